The molecule has 11 aromatic rings. The number of hydrogen-bond acceptors (Lipinski definition) is 3. The molecule has 0 spiro atoms. The van der Waals surface area contributed by atoms with E-state index in [1.54, 1.807) is 6.20 Å². The highest BCUT2D eigenvalue weighted by Crippen LogP contribution is 2.47. The molecule has 48 heavy (non-hydrogen) atoms. The molecule has 0 unspecified atom stereocenters. The normalized spacial score (nSPS) is 12.1. The molecule has 0 atom stereocenters. The van der Waals surface area contributed by atoms with Crippen LogP contribution in [0.15, 0.2) is 134 Å². The van der Waals surface area contributed by atoms with E-state index in [-0.39, 0.29) is 0 Å². The second-order valence-electron chi connectivity index (χ2n) is 12.4. The Hall–Kier alpha value is -6.84. The molecule has 0 aliphatic rings. The van der Waals surface area contributed by atoms with Crippen LogP contribution in [0.1, 0.15) is 0 Å². The van der Waals surface area contributed by atoms with Crippen LogP contribution in [0.25, 0.3) is 104 Å². The number of aromatic nitrogens is 5. The summed E-state index contributed by atoms with van der Waals surface area (Å²) in [4.78, 5) is 18.7. The first-order chi connectivity index (χ1) is 23.8. The molecule has 0 saturated carbocycles. The molecule has 5 aromatic heterocycles. The van der Waals surface area contributed by atoms with Gasteiger partial charge in [0, 0.05) is 44.1 Å². The van der Waals surface area contributed by atoms with Gasteiger partial charge in [-0.3, -0.25) is 9.55 Å². The van der Waals surface area contributed by atoms with E-state index in [0.717, 1.165) is 38.7 Å². The fourth-order valence-electron chi connectivity index (χ4n) is 7.86. The molecule has 0 aliphatic heterocycles. The third kappa shape index (κ3) is 3.22. The highest BCUT2D eigenvalue weighted by Gasteiger charge is 2.25. The minimum absolute atomic E-state index is 0.581. The van der Waals surface area contributed by atoms with Crippen LogP contribution in [-0.2, 0) is 0 Å². The average molecular weight is 611 g/mol. The zero-order valence-electron chi connectivity index (χ0n) is 25.4. The third-order valence-electron chi connectivity index (χ3n) is 9.88. The maximum Gasteiger partial charge on any atom is 0.235 e. The first kappa shape index (κ1) is 25.4. The van der Waals surface area contributed by atoms with Crippen LogP contribution in [0.4, 0.5) is 5.69 Å². The van der Waals surface area contributed by atoms with E-state index in [1.165, 1.54) is 54.3 Å². The second-order valence-corrected chi connectivity index (χ2v) is 12.4. The predicted octanol–water partition coefficient (Wildman–Crippen LogP) is 10.6. The summed E-state index contributed by atoms with van der Waals surface area (Å²) in [5.41, 5.74) is 9.43. The van der Waals surface area contributed by atoms with Crippen LogP contribution >= 0.6 is 0 Å². The monoisotopic (exact) mass is 610 g/mol. The Labute approximate surface area is 272 Å². The van der Waals surface area contributed by atoms with E-state index >= 15 is 0 Å². The SMILES string of the molecule is [C-]#[N+]c1ccc(-c2nc(-n3c4ccccc4c4c5c6cc7ccccc7cc6n6c7ccccc7c(cc43)c56)nc3cccnc23)cc1. The summed E-state index contributed by atoms with van der Waals surface area (Å²) >= 11 is 0. The number of pyridine rings is 1. The number of benzene rings is 6. The van der Waals surface area contributed by atoms with Gasteiger partial charge in [0.15, 0.2) is 5.69 Å². The highest BCUT2D eigenvalue weighted by molar-refractivity contribution is 6.36. The zero-order chi connectivity index (χ0) is 31.5. The summed E-state index contributed by atoms with van der Waals surface area (Å²) in [7, 11) is 0. The maximum atomic E-state index is 7.43. The molecule has 6 aromatic carbocycles. The summed E-state index contributed by atoms with van der Waals surface area (Å²) in [6, 6.07) is 44.4. The second kappa shape index (κ2) is 9.12. The van der Waals surface area contributed by atoms with Crippen molar-refractivity contribution in [3.05, 3.63) is 145 Å². The number of rotatable bonds is 2. The van der Waals surface area contributed by atoms with Crippen LogP contribution in [0, 0.1) is 6.57 Å². The summed E-state index contributed by atoms with van der Waals surface area (Å²) in [5.74, 6) is 0.581. The van der Waals surface area contributed by atoms with Gasteiger partial charge in [-0.1, -0.05) is 84.9 Å². The Kier molecular flexibility index (Phi) is 4.82. The fourth-order valence-corrected chi connectivity index (χ4v) is 7.86. The smallest absolute Gasteiger partial charge is 0.235 e. The van der Waals surface area contributed by atoms with Gasteiger partial charge < -0.3 is 4.40 Å². The largest absolute Gasteiger partial charge is 0.308 e. The van der Waals surface area contributed by atoms with Crippen molar-refractivity contribution in [1.29, 1.82) is 0 Å². The first-order valence-corrected chi connectivity index (χ1v) is 15.9. The Morgan fingerprint density at radius 3 is 2.15 bits per heavy atom. The quantitative estimate of drug-likeness (QED) is 0.183. The molecule has 0 aliphatic carbocycles. The van der Waals surface area contributed by atoms with Crippen LogP contribution in [-0.4, -0.2) is 23.9 Å². The van der Waals surface area contributed by atoms with E-state index in [2.05, 4.69) is 105 Å². The lowest BCUT2D eigenvalue weighted by molar-refractivity contribution is 1.01. The summed E-state index contributed by atoms with van der Waals surface area (Å²) in [6.45, 7) is 7.43. The van der Waals surface area contributed by atoms with Crippen LogP contribution in [0.5, 0.6) is 0 Å². The van der Waals surface area contributed by atoms with Gasteiger partial charge >= 0.3 is 0 Å². The Bertz CT molecular complexity index is 3180. The first-order valence-electron chi connectivity index (χ1n) is 15.9. The van der Waals surface area contributed by atoms with Gasteiger partial charge in [-0.2, -0.15) is 0 Å². The average Bonchev–Trinajstić information content (AvgIpc) is 3.77. The zero-order valence-corrected chi connectivity index (χ0v) is 25.4. The number of para-hydroxylation sites is 2. The molecule has 0 amide bonds. The van der Waals surface area contributed by atoms with Crippen molar-refractivity contribution >= 4 is 87.4 Å². The van der Waals surface area contributed by atoms with Crippen molar-refractivity contribution in [2.24, 2.45) is 0 Å². The minimum Gasteiger partial charge on any atom is -0.308 e. The molecule has 11 rings (SSSR count). The van der Waals surface area contributed by atoms with Gasteiger partial charge in [-0.15, -0.1) is 0 Å². The van der Waals surface area contributed by atoms with Gasteiger partial charge in [0.1, 0.15) is 11.2 Å². The molecule has 0 fully saturated rings. The lowest BCUT2D eigenvalue weighted by Gasteiger charge is -2.11. The van der Waals surface area contributed by atoms with E-state index in [0.29, 0.717) is 11.6 Å². The molecular formula is C42H22N6. The molecule has 6 nitrogen and oxygen atoms in total. The van der Waals surface area contributed by atoms with E-state index in [9.17, 15) is 0 Å². The Morgan fingerprint density at radius 2 is 1.31 bits per heavy atom. The fraction of sp³-hybridized carbons (Fsp3) is 0. The standard InChI is InChI=1S/C42H22N6/c1-43-27-18-16-24(17-19-27)39-40-32(13-8-20-44-40)45-42(46-39)48-34-15-7-5-12-29(34)37-36(48)23-30-28-11-4-6-14-33(28)47-35-22-26-10-3-2-9-25(26)21-31(35)38(37)41(30)47/h2-23H. The van der Waals surface area contributed by atoms with Crippen molar-refractivity contribution in [2.75, 3.05) is 0 Å². The van der Waals surface area contributed by atoms with Crippen LogP contribution in [0.3, 0.4) is 0 Å². The van der Waals surface area contributed by atoms with Crippen LogP contribution < -0.4 is 0 Å². The van der Waals surface area contributed by atoms with Crippen LogP contribution in [0.2, 0.25) is 0 Å². The molecule has 220 valence electrons. The Morgan fingerprint density at radius 1 is 0.562 bits per heavy atom. The van der Waals surface area contributed by atoms with Gasteiger partial charge in [0.05, 0.1) is 39.7 Å². The van der Waals surface area contributed by atoms with Gasteiger partial charge in [-0.25, -0.2) is 14.8 Å². The number of hydrogen-bond donors (Lipinski definition) is 0. The van der Waals surface area contributed by atoms with Crippen molar-refractivity contribution in [2.45, 2.75) is 0 Å². The third-order valence-corrected chi connectivity index (χ3v) is 9.88. The number of fused-ring (bicyclic) bond motifs is 12. The molecule has 0 N–H and O–H groups in total. The lowest BCUT2D eigenvalue weighted by Crippen LogP contribution is -2.04. The molecule has 0 bridgehead atoms. The molecule has 6 heteroatoms. The summed E-state index contributed by atoms with van der Waals surface area (Å²) in [5, 5.41) is 9.69. The summed E-state index contributed by atoms with van der Waals surface area (Å²) < 4.78 is 4.67. The van der Waals surface area contributed by atoms with Gasteiger partial charge in [-0.05, 0) is 53.2 Å². The molecule has 5 heterocycles. The van der Waals surface area contributed by atoms with Crippen molar-refractivity contribution in [3.63, 3.8) is 0 Å². The van der Waals surface area contributed by atoms with Gasteiger partial charge in [0.2, 0.25) is 5.95 Å². The number of nitrogens with zero attached hydrogens (tertiary/aromatic N) is 6. The lowest BCUT2D eigenvalue weighted by atomic mass is 10.0. The minimum atomic E-state index is 0.581. The maximum absolute atomic E-state index is 7.43. The topological polar surface area (TPSA) is 52.4 Å². The van der Waals surface area contributed by atoms with Crippen molar-refractivity contribution in [1.82, 2.24) is 23.9 Å². The van der Waals surface area contributed by atoms with E-state index < -0.39 is 0 Å². The predicted molar refractivity (Wildman–Crippen MR) is 196 cm³/mol. The van der Waals surface area contributed by atoms with Crippen molar-refractivity contribution < 1.29 is 0 Å². The molecule has 0 saturated heterocycles. The molecular weight excluding hydrogens is 589 g/mol. The Balaban J connectivity index is 1.35. The highest BCUT2D eigenvalue weighted by atomic mass is 15.2. The van der Waals surface area contributed by atoms with E-state index in [1.807, 2.05) is 36.4 Å². The van der Waals surface area contributed by atoms with Crippen molar-refractivity contribution in [3.8, 4) is 17.2 Å². The molecule has 0 radical (unpaired) electrons. The van der Waals surface area contributed by atoms with Gasteiger partial charge in [0.25, 0.3) is 0 Å². The van der Waals surface area contributed by atoms with E-state index in [4.69, 9.17) is 21.5 Å². The summed E-state index contributed by atoms with van der Waals surface area (Å²) in [6.07, 6.45) is 1.78.